The summed E-state index contributed by atoms with van der Waals surface area (Å²) in [6, 6.07) is 11.5. The van der Waals surface area contributed by atoms with E-state index in [0.717, 1.165) is 37.7 Å². The number of aromatic nitrogens is 2. The van der Waals surface area contributed by atoms with Gasteiger partial charge in [0.25, 0.3) is 0 Å². The molecule has 0 spiro atoms. The summed E-state index contributed by atoms with van der Waals surface area (Å²) in [5.41, 5.74) is 1.59. The number of unbranched alkanes of at least 4 members (excludes halogenated alkanes) is 1. The van der Waals surface area contributed by atoms with Gasteiger partial charge in [-0.2, -0.15) is 5.10 Å². The molecule has 0 saturated carbocycles. The molecule has 0 radical (unpaired) electrons. The van der Waals surface area contributed by atoms with E-state index in [-0.39, 0.29) is 11.3 Å². The Labute approximate surface area is 149 Å². The first-order valence-corrected chi connectivity index (χ1v) is 8.91. The molecule has 0 saturated heterocycles. The van der Waals surface area contributed by atoms with Crippen LogP contribution in [0.4, 0.5) is 0 Å². The zero-order valence-electron chi connectivity index (χ0n) is 14.3. The topological polar surface area (TPSA) is 44.2 Å². The molecule has 0 aliphatic heterocycles. The molecule has 0 amide bonds. The Morgan fingerprint density at radius 2 is 1.88 bits per heavy atom. The Balaban J connectivity index is 2.06. The van der Waals surface area contributed by atoms with Gasteiger partial charge in [-0.15, -0.1) is 5.10 Å². The highest BCUT2D eigenvalue weighted by Gasteiger charge is 2.15. The van der Waals surface area contributed by atoms with Gasteiger partial charge < -0.3 is 9.47 Å². The number of rotatable bonds is 8. The van der Waals surface area contributed by atoms with Crippen molar-refractivity contribution in [2.24, 2.45) is 0 Å². The summed E-state index contributed by atoms with van der Waals surface area (Å²) in [6.07, 6.45) is 6.99. The number of nitrogens with zero attached hydrogens (tertiary/aromatic N) is 2. The molecule has 24 heavy (non-hydrogen) atoms. The van der Waals surface area contributed by atoms with Crippen molar-refractivity contribution in [2.45, 2.75) is 52.1 Å². The van der Waals surface area contributed by atoms with Gasteiger partial charge in [-0.1, -0.05) is 63.4 Å². The molecule has 2 rings (SSSR count). The normalized spacial score (nSPS) is 11.8. The first-order valence-electron chi connectivity index (χ1n) is 8.50. The molecule has 1 heterocycles. The van der Waals surface area contributed by atoms with Crippen molar-refractivity contribution in [3.05, 3.63) is 42.6 Å². The molecule has 1 aromatic heterocycles. The fourth-order valence-corrected chi connectivity index (χ4v) is 2.69. The summed E-state index contributed by atoms with van der Waals surface area (Å²) in [7, 11) is 0. The predicted molar refractivity (Wildman–Crippen MR) is 100 cm³/mol. The number of thiocarbonyl (C=S) groups is 1. The monoisotopic (exact) mass is 344 g/mol. The first-order chi connectivity index (χ1) is 11.7. The van der Waals surface area contributed by atoms with Crippen LogP contribution in [0.3, 0.4) is 0 Å². The lowest BCUT2D eigenvalue weighted by Gasteiger charge is -2.19. The van der Waals surface area contributed by atoms with Gasteiger partial charge >= 0.3 is 5.24 Å². The van der Waals surface area contributed by atoms with E-state index in [2.05, 4.69) is 24.0 Å². The average Bonchev–Trinajstić information content (AvgIpc) is 2.61. The third kappa shape index (κ3) is 5.57. The summed E-state index contributed by atoms with van der Waals surface area (Å²) in [6.45, 7) is 4.32. The lowest BCUT2D eigenvalue weighted by atomic mass is 10.1. The second-order valence-corrected chi connectivity index (χ2v) is 5.97. The van der Waals surface area contributed by atoms with Gasteiger partial charge in [0.05, 0.1) is 6.20 Å². The van der Waals surface area contributed by atoms with Gasteiger partial charge in [0.15, 0.2) is 5.75 Å². The van der Waals surface area contributed by atoms with Crippen LogP contribution >= 0.6 is 12.2 Å². The summed E-state index contributed by atoms with van der Waals surface area (Å²) in [4.78, 5) is 0. The van der Waals surface area contributed by atoms with Crippen LogP contribution in [-0.2, 0) is 4.74 Å². The predicted octanol–water partition coefficient (Wildman–Crippen LogP) is 5.18. The molecule has 0 N–H and O–H groups in total. The van der Waals surface area contributed by atoms with Crippen molar-refractivity contribution in [2.75, 3.05) is 0 Å². The number of benzene rings is 1. The van der Waals surface area contributed by atoms with E-state index in [1.807, 2.05) is 30.3 Å². The second-order valence-electron chi connectivity index (χ2n) is 5.63. The van der Waals surface area contributed by atoms with E-state index in [0.29, 0.717) is 11.4 Å². The highest BCUT2D eigenvalue weighted by Crippen LogP contribution is 2.27. The minimum atomic E-state index is 0.109. The average molecular weight is 344 g/mol. The third-order valence-electron chi connectivity index (χ3n) is 3.68. The minimum absolute atomic E-state index is 0.109. The van der Waals surface area contributed by atoms with E-state index < -0.39 is 0 Å². The van der Waals surface area contributed by atoms with E-state index in [9.17, 15) is 0 Å². The molecule has 0 aliphatic carbocycles. The Bertz CT molecular complexity index is 634. The first kappa shape index (κ1) is 18.3. The second kappa shape index (κ2) is 9.98. The Morgan fingerprint density at radius 1 is 1.08 bits per heavy atom. The fraction of sp³-hybridized carbons (Fsp3) is 0.421. The van der Waals surface area contributed by atoms with Crippen LogP contribution in [0.2, 0.25) is 0 Å². The van der Waals surface area contributed by atoms with Crippen molar-refractivity contribution < 1.29 is 9.47 Å². The highest BCUT2D eigenvalue weighted by atomic mass is 32.1. The van der Waals surface area contributed by atoms with Gasteiger partial charge in [-0.25, -0.2) is 0 Å². The molecule has 5 heteroatoms. The van der Waals surface area contributed by atoms with Crippen molar-refractivity contribution in [3.8, 4) is 17.0 Å². The van der Waals surface area contributed by atoms with Crippen LogP contribution in [0.25, 0.3) is 11.3 Å². The van der Waals surface area contributed by atoms with E-state index in [1.54, 1.807) is 12.3 Å². The lowest BCUT2D eigenvalue weighted by Crippen LogP contribution is -2.21. The van der Waals surface area contributed by atoms with Crippen LogP contribution in [0.15, 0.2) is 42.6 Å². The molecule has 1 aromatic carbocycles. The van der Waals surface area contributed by atoms with Gasteiger partial charge in [-0.3, -0.25) is 0 Å². The lowest BCUT2D eigenvalue weighted by molar-refractivity contribution is 0.135. The molecule has 1 unspecified atom stereocenters. The maximum atomic E-state index is 5.85. The Kier molecular flexibility index (Phi) is 7.62. The molecule has 128 valence electrons. The third-order valence-corrected chi connectivity index (χ3v) is 3.86. The van der Waals surface area contributed by atoms with Crippen molar-refractivity contribution in [1.29, 1.82) is 0 Å². The fourth-order valence-electron chi connectivity index (χ4n) is 2.46. The van der Waals surface area contributed by atoms with Crippen LogP contribution in [0.1, 0.15) is 46.0 Å². The number of hydrogen-bond donors (Lipinski definition) is 0. The maximum Gasteiger partial charge on any atom is 0.358 e. The SMILES string of the molecule is CCCCC(CCC)OC(=S)Oc1ccnnc1-c1ccccc1. The Hall–Kier alpha value is -2.01. The molecule has 0 aliphatic rings. The van der Waals surface area contributed by atoms with Gasteiger partial charge in [0.2, 0.25) is 0 Å². The summed E-state index contributed by atoms with van der Waals surface area (Å²) >= 11 is 5.29. The zero-order chi connectivity index (χ0) is 17.2. The molecule has 4 nitrogen and oxygen atoms in total. The molecular formula is C19H24N2O2S. The molecule has 0 fully saturated rings. The van der Waals surface area contributed by atoms with Crippen molar-refractivity contribution >= 4 is 17.5 Å². The summed E-state index contributed by atoms with van der Waals surface area (Å²) in [5.74, 6) is 0.562. The van der Waals surface area contributed by atoms with E-state index >= 15 is 0 Å². The van der Waals surface area contributed by atoms with Gasteiger partial charge in [0.1, 0.15) is 11.8 Å². The number of hydrogen-bond acceptors (Lipinski definition) is 5. The molecule has 0 bridgehead atoms. The standard InChI is InChI=1S/C19H24N2O2S/c1-3-5-12-16(9-4-2)22-19(24)23-17-13-14-20-21-18(17)15-10-7-6-8-11-15/h6-8,10-11,13-14,16H,3-5,9,12H2,1-2H3. The molecule has 2 aromatic rings. The zero-order valence-corrected chi connectivity index (χ0v) is 15.1. The van der Waals surface area contributed by atoms with Gasteiger partial charge in [-0.05, 0) is 12.8 Å². The smallest absolute Gasteiger partial charge is 0.358 e. The summed E-state index contributed by atoms with van der Waals surface area (Å²) < 4.78 is 11.6. The van der Waals surface area contributed by atoms with Crippen LogP contribution in [-0.4, -0.2) is 21.5 Å². The van der Waals surface area contributed by atoms with Crippen LogP contribution in [0, 0.1) is 0 Å². The van der Waals surface area contributed by atoms with Gasteiger partial charge in [0, 0.05) is 23.8 Å². The van der Waals surface area contributed by atoms with Crippen LogP contribution < -0.4 is 4.74 Å². The van der Waals surface area contributed by atoms with Crippen molar-refractivity contribution in [1.82, 2.24) is 10.2 Å². The number of ether oxygens (including phenoxy) is 2. The van der Waals surface area contributed by atoms with E-state index in [1.165, 1.54) is 0 Å². The van der Waals surface area contributed by atoms with Crippen molar-refractivity contribution in [3.63, 3.8) is 0 Å². The quantitative estimate of drug-likeness (QED) is 0.617. The molecular weight excluding hydrogens is 320 g/mol. The highest BCUT2D eigenvalue weighted by molar-refractivity contribution is 7.79. The van der Waals surface area contributed by atoms with E-state index in [4.69, 9.17) is 21.7 Å². The Morgan fingerprint density at radius 3 is 2.58 bits per heavy atom. The molecule has 1 atom stereocenters. The largest absolute Gasteiger partial charge is 0.453 e. The van der Waals surface area contributed by atoms with Crippen LogP contribution in [0.5, 0.6) is 5.75 Å². The maximum absolute atomic E-state index is 5.85. The minimum Gasteiger partial charge on any atom is -0.453 e. The summed E-state index contributed by atoms with van der Waals surface area (Å²) in [5, 5.41) is 8.27.